The third kappa shape index (κ3) is 6.68. The second-order valence-electron chi connectivity index (χ2n) is 8.31. The van der Waals surface area contributed by atoms with Gasteiger partial charge < -0.3 is 18.9 Å². The fraction of sp³-hybridized carbons (Fsp3) is 0.125. The number of esters is 2. The highest BCUT2D eigenvalue weighted by molar-refractivity contribution is 5.93. The fourth-order valence-corrected chi connectivity index (χ4v) is 3.94. The molecule has 192 valence electrons. The Hall–Kier alpha value is -4.84. The van der Waals surface area contributed by atoms with Gasteiger partial charge in [0.05, 0.1) is 0 Å². The molecule has 0 aliphatic rings. The average Bonchev–Trinajstić information content (AvgIpc) is 2.98. The molecule has 0 N–H and O–H groups in total. The SMILES string of the molecule is C=CC(=O)OC(COc1ccc(OCC(OC(=O)C=C)c2ccccc2)c2ccccc12)c1ccccc1. The number of ether oxygens (including phenoxy) is 4. The standard InChI is InChI=1S/C32H28O6/c1-3-31(33)37-29(23-13-7-5-8-14-23)21-35-27-19-20-28(26-18-12-11-17-25(26)27)36-22-30(38-32(34)4-2)24-15-9-6-10-16-24/h3-20,29-30H,1-2,21-22H2. The minimum absolute atomic E-state index is 0.112. The van der Waals surface area contributed by atoms with Crippen molar-refractivity contribution in [2.24, 2.45) is 0 Å². The fourth-order valence-electron chi connectivity index (χ4n) is 3.94. The van der Waals surface area contributed by atoms with E-state index in [9.17, 15) is 9.59 Å². The molecule has 0 aromatic heterocycles. The molecule has 4 aromatic carbocycles. The van der Waals surface area contributed by atoms with Crippen LogP contribution in [0.5, 0.6) is 11.5 Å². The van der Waals surface area contributed by atoms with Gasteiger partial charge in [0.2, 0.25) is 0 Å². The first-order chi connectivity index (χ1) is 18.6. The van der Waals surface area contributed by atoms with E-state index >= 15 is 0 Å². The number of hydrogen-bond acceptors (Lipinski definition) is 6. The molecule has 0 saturated heterocycles. The highest BCUT2D eigenvalue weighted by Crippen LogP contribution is 2.34. The summed E-state index contributed by atoms with van der Waals surface area (Å²) >= 11 is 0. The second kappa shape index (κ2) is 12.9. The Kier molecular flexibility index (Phi) is 8.92. The van der Waals surface area contributed by atoms with Gasteiger partial charge in [0.1, 0.15) is 24.7 Å². The molecule has 0 aliphatic heterocycles. The van der Waals surface area contributed by atoms with Crippen LogP contribution >= 0.6 is 0 Å². The number of hydrogen-bond donors (Lipinski definition) is 0. The van der Waals surface area contributed by atoms with Crippen molar-refractivity contribution in [2.75, 3.05) is 13.2 Å². The molecule has 6 heteroatoms. The maximum Gasteiger partial charge on any atom is 0.330 e. The zero-order valence-corrected chi connectivity index (χ0v) is 20.8. The topological polar surface area (TPSA) is 71.1 Å². The first-order valence-electron chi connectivity index (χ1n) is 12.1. The molecular formula is C32H28O6. The number of carbonyl (C=O) groups excluding carboxylic acids is 2. The first-order valence-corrected chi connectivity index (χ1v) is 12.1. The quantitative estimate of drug-likeness (QED) is 0.160. The van der Waals surface area contributed by atoms with Crippen molar-refractivity contribution in [3.63, 3.8) is 0 Å². The largest absolute Gasteiger partial charge is 0.489 e. The maximum absolute atomic E-state index is 11.9. The highest BCUT2D eigenvalue weighted by Gasteiger charge is 2.19. The molecule has 0 fully saturated rings. The lowest BCUT2D eigenvalue weighted by molar-refractivity contribution is -0.145. The summed E-state index contributed by atoms with van der Waals surface area (Å²) in [7, 11) is 0. The van der Waals surface area contributed by atoms with Crippen LogP contribution in [0.2, 0.25) is 0 Å². The van der Waals surface area contributed by atoms with Crippen LogP contribution in [0.1, 0.15) is 23.3 Å². The number of rotatable bonds is 12. The Bertz CT molecular complexity index is 1290. The van der Waals surface area contributed by atoms with Crippen molar-refractivity contribution < 1.29 is 28.5 Å². The van der Waals surface area contributed by atoms with Gasteiger partial charge in [-0.05, 0) is 23.3 Å². The summed E-state index contributed by atoms with van der Waals surface area (Å²) in [4.78, 5) is 23.9. The molecule has 38 heavy (non-hydrogen) atoms. The molecule has 0 amide bonds. The van der Waals surface area contributed by atoms with Gasteiger partial charge in [-0.2, -0.15) is 0 Å². The molecule has 0 saturated carbocycles. The first kappa shape index (κ1) is 26.2. The number of fused-ring (bicyclic) bond motifs is 1. The van der Waals surface area contributed by atoms with Crippen LogP contribution in [0.15, 0.2) is 122 Å². The summed E-state index contributed by atoms with van der Waals surface area (Å²) in [5.41, 5.74) is 1.63. The van der Waals surface area contributed by atoms with E-state index in [1.165, 1.54) is 0 Å². The van der Waals surface area contributed by atoms with Gasteiger partial charge in [0, 0.05) is 22.9 Å². The Morgan fingerprint density at radius 2 is 0.947 bits per heavy atom. The van der Waals surface area contributed by atoms with E-state index in [2.05, 4.69) is 13.2 Å². The van der Waals surface area contributed by atoms with Crippen LogP contribution in [0.25, 0.3) is 10.8 Å². The Morgan fingerprint density at radius 3 is 1.32 bits per heavy atom. The van der Waals surface area contributed by atoms with Crippen molar-refractivity contribution in [1.82, 2.24) is 0 Å². The second-order valence-corrected chi connectivity index (χ2v) is 8.31. The lowest BCUT2D eigenvalue weighted by Crippen LogP contribution is -2.17. The van der Waals surface area contributed by atoms with E-state index in [1.807, 2.05) is 97.1 Å². The monoisotopic (exact) mass is 508 g/mol. The molecule has 2 unspecified atom stereocenters. The van der Waals surface area contributed by atoms with Crippen molar-refractivity contribution in [2.45, 2.75) is 12.2 Å². The zero-order chi connectivity index (χ0) is 26.7. The smallest absolute Gasteiger partial charge is 0.330 e. The van der Waals surface area contributed by atoms with Crippen molar-refractivity contribution in [3.8, 4) is 11.5 Å². The van der Waals surface area contributed by atoms with Crippen LogP contribution in [-0.4, -0.2) is 25.2 Å². The van der Waals surface area contributed by atoms with Gasteiger partial charge in [-0.25, -0.2) is 9.59 Å². The third-order valence-electron chi connectivity index (χ3n) is 5.82. The summed E-state index contributed by atoms with van der Waals surface area (Å²) < 4.78 is 23.4. The van der Waals surface area contributed by atoms with E-state index in [-0.39, 0.29) is 13.2 Å². The van der Waals surface area contributed by atoms with Crippen LogP contribution in [0.4, 0.5) is 0 Å². The highest BCUT2D eigenvalue weighted by atomic mass is 16.6. The predicted molar refractivity (Wildman–Crippen MR) is 146 cm³/mol. The molecule has 0 aliphatic carbocycles. The van der Waals surface area contributed by atoms with Crippen LogP contribution in [0, 0.1) is 0 Å². The average molecular weight is 509 g/mol. The number of carbonyl (C=O) groups is 2. The van der Waals surface area contributed by atoms with Crippen molar-refractivity contribution in [1.29, 1.82) is 0 Å². The van der Waals surface area contributed by atoms with Crippen LogP contribution in [0.3, 0.4) is 0 Å². The summed E-state index contributed by atoms with van der Waals surface area (Å²) in [5, 5.41) is 1.65. The zero-order valence-electron chi connectivity index (χ0n) is 20.8. The maximum atomic E-state index is 11.9. The molecule has 4 aromatic rings. The lowest BCUT2D eigenvalue weighted by Gasteiger charge is -2.21. The van der Waals surface area contributed by atoms with Crippen molar-refractivity contribution in [3.05, 3.63) is 133 Å². The lowest BCUT2D eigenvalue weighted by atomic mass is 10.1. The Balaban J connectivity index is 1.54. The molecule has 4 rings (SSSR count). The molecule has 0 bridgehead atoms. The minimum atomic E-state index is -0.609. The predicted octanol–water partition coefficient (Wildman–Crippen LogP) is 6.54. The van der Waals surface area contributed by atoms with Crippen LogP contribution < -0.4 is 9.47 Å². The van der Waals surface area contributed by atoms with Gasteiger partial charge in [-0.3, -0.25) is 0 Å². The molecule has 0 spiro atoms. The van der Waals surface area contributed by atoms with E-state index in [4.69, 9.17) is 18.9 Å². The Morgan fingerprint density at radius 1 is 0.579 bits per heavy atom. The van der Waals surface area contributed by atoms with E-state index in [0.717, 1.165) is 34.1 Å². The van der Waals surface area contributed by atoms with Gasteiger partial charge in [-0.15, -0.1) is 0 Å². The molecule has 0 radical (unpaired) electrons. The van der Waals surface area contributed by atoms with Gasteiger partial charge in [-0.1, -0.05) is 98.1 Å². The molecular weight excluding hydrogens is 480 g/mol. The summed E-state index contributed by atoms with van der Waals surface area (Å²) in [6, 6.07) is 30.1. The minimum Gasteiger partial charge on any atom is -0.489 e. The van der Waals surface area contributed by atoms with Gasteiger partial charge in [0.25, 0.3) is 0 Å². The van der Waals surface area contributed by atoms with Crippen molar-refractivity contribution >= 4 is 22.7 Å². The Labute approximate surface area is 221 Å². The molecule has 2 atom stereocenters. The van der Waals surface area contributed by atoms with Gasteiger partial charge >= 0.3 is 11.9 Å². The van der Waals surface area contributed by atoms with Crippen LogP contribution in [-0.2, 0) is 19.1 Å². The summed E-state index contributed by atoms with van der Waals surface area (Å²) in [5.74, 6) is 0.171. The normalized spacial score (nSPS) is 12.1. The van der Waals surface area contributed by atoms with E-state index in [0.29, 0.717) is 11.5 Å². The summed E-state index contributed by atoms with van der Waals surface area (Å²) in [6.45, 7) is 7.19. The molecule has 0 heterocycles. The molecule has 6 nitrogen and oxygen atoms in total. The van der Waals surface area contributed by atoms with E-state index < -0.39 is 24.1 Å². The number of benzene rings is 4. The third-order valence-corrected chi connectivity index (χ3v) is 5.82. The summed E-state index contributed by atoms with van der Waals surface area (Å²) in [6.07, 6.45) is 1.05. The van der Waals surface area contributed by atoms with Gasteiger partial charge in [0.15, 0.2) is 12.2 Å². The van der Waals surface area contributed by atoms with E-state index in [1.54, 1.807) is 0 Å².